The molecule has 0 amide bonds. The third-order valence-corrected chi connectivity index (χ3v) is 3.64. The maximum absolute atomic E-state index is 11.7. The van der Waals surface area contributed by atoms with Gasteiger partial charge in [0.05, 0.1) is 11.5 Å². The van der Waals surface area contributed by atoms with Gasteiger partial charge in [0.2, 0.25) is 5.01 Å². The summed E-state index contributed by atoms with van der Waals surface area (Å²) in [4.78, 5) is 27.3. The molecular formula is C14H13NO4S. The van der Waals surface area contributed by atoms with Crippen LogP contribution in [0.4, 0.5) is 0 Å². The van der Waals surface area contributed by atoms with Gasteiger partial charge in [-0.1, -0.05) is 29.8 Å². The van der Waals surface area contributed by atoms with Crippen molar-refractivity contribution in [1.82, 2.24) is 4.98 Å². The molecular weight excluding hydrogens is 278 g/mol. The first kappa shape index (κ1) is 14.2. The van der Waals surface area contributed by atoms with Crippen molar-refractivity contribution >= 4 is 23.3 Å². The molecule has 0 unspecified atom stereocenters. The summed E-state index contributed by atoms with van der Waals surface area (Å²) in [5.74, 6) is -1.76. The molecule has 20 heavy (non-hydrogen) atoms. The van der Waals surface area contributed by atoms with Crippen LogP contribution in [0.2, 0.25) is 0 Å². The maximum Gasteiger partial charge on any atom is 0.367 e. The predicted molar refractivity (Wildman–Crippen MR) is 75.2 cm³/mol. The number of hydrogen-bond acceptors (Lipinski definition) is 5. The number of benzene rings is 1. The van der Waals surface area contributed by atoms with Gasteiger partial charge >= 0.3 is 11.9 Å². The molecule has 0 spiro atoms. The minimum absolute atomic E-state index is 0.0563. The van der Waals surface area contributed by atoms with Gasteiger partial charge in [-0.05, 0) is 19.4 Å². The molecule has 2 aromatic rings. The Kier molecular flexibility index (Phi) is 4.14. The van der Waals surface area contributed by atoms with E-state index in [9.17, 15) is 14.7 Å². The van der Waals surface area contributed by atoms with Gasteiger partial charge in [-0.3, -0.25) is 0 Å². The summed E-state index contributed by atoms with van der Waals surface area (Å²) >= 11 is 1.03. The van der Waals surface area contributed by atoms with Crippen LogP contribution < -0.4 is 0 Å². The van der Waals surface area contributed by atoms with Crippen LogP contribution >= 0.6 is 11.3 Å². The number of carbonyl (C=O) groups is 2. The van der Waals surface area contributed by atoms with Crippen molar-refractivity contribution in [3.8, 4) is 10.4 Å². The highest BCUT2D eigenvalue weighted by Gasteiger charge is 2.22. The highest BCUT2D eigenvalue weighted by atomic mass is 32.1. The zero-order chi connectivity index (χ0) is 14.7. The number of ether oxygens (including phenoxy) is 1. The van der Waals surface area contributed by atoms with Crippen molar-refractivity contribution in [2.24, 2.45) is 0 Å². The van der Waals surface area contributed by atoms with E-state index in [2.05, 4.69) is 4.98 Å². The highest BCUT2D eigenvalue weighted by molar-refractivity contribution is 7.17. The largest absolute Gasteiger partial charge is 0.476 e. The van der Waals surface area contributed by atoms with Gasteiger partial charge in [-0.2, -0.15) is 0 Å². The van der Waals surface area contributed by atoms with E-state index in [1.165, 1.54) is 0 Å². The van der Waals surface area contributed by atoms with E-state index in [-0.39, 0.29) is 17.3 Å². The van der Waals surface area contributed by atoms with E-state index in [1.54, 1.807) is 13.0 Å². The SMILES string of the molecule is CCOC(=O)c1nc(C(=O)O)c(-c2cccc(C)c2)s1. The van der Waals surface area contributed by atoms with Crippen molar-refractivity contribution in [2.45, 2.75) is 13.8 Å². The molecule has 2 rings (SSSR count). The van der Waals surface area contributed by atoms with Crippen LogP contribution in [0, 0.1) is 6.92 Å². The fraction of sp³-hybridized carbons (Fsp3) is 0.214. The zero-order valence-corrected chi connectivity index (χ0v) is 11.9. The summed E-state index contributed by atoms with van der Waals surface area (Å²) in [6, 6.07) is 7.40. The molecule has 0 saturated heterocycles. The van der Waals surface area contributed by atoms with Crippen molar-refractivity contribution in [3.63, 3.8) is 0 Å². The fourth-order valence-electron chi connectivity index (χ4n) is 1.73. The van der Waals surface area contributed by atoms with Crippen LogP contribution in [0.25, 0.3) is 10.4 Å². The summed E-state index contributed by atoms with van der Waals surface area (Å²) in [6.45, 7) is 3.82. The Morgan fingerprint density at radius 3 is 2.75 bits per heavy atom. The molecule has 0 atom stereocenters. The second kappa shape index (κ2) is 5.83. The molecule has 0 aliphatic carbocycles. The highest BCUT2D eigenvalue weighted by Crippen LogP contribution is 2.31. The van der Waals surface area contributed by atoms with E-state index in [1.807, 2.05) is 25.1 Å². The van der Waals surface area contributed by atoms with E-state index in [0.717, 1.165) is 22.5 Å². The Hall–Kier alpha value is -2.21. The fourth-order valence-corrected chi connectivity index (χ4v) is 2.67. The molecule has 1 N–H and O–H groups in total. The zero-order valence-electron chi connectivity index (χ0n) is 11.0. The lowest BCUT2D eigenvalue weighted by molar-refractivity contribution is 0.0526. The second-order valence-electron chi connectivity index (χ2n) is 4.09. The molecule has 0 saturated carbocycles. The van der Waals surface area contributed by atoms with Gasteiger partial charge in [0, 0.05) is 0 Å². The number of carboxylic acid groups (broad SMARTS) is 1. The van der Waals surface area contributed by atoms with Gasteiger partial charge in [0.15, 0.2) is 5.69 Å². The number of aromatic nitrogens is 1. The smallest absolute Gasteiger partial charge is 0.367 e. The van der Waals surface area contributed by atoms with Crippen molar-refractivity contribution in [1.29, 1.82) is 0 Å². The molecule has 0 aliphatic heterocycles. The quantitative estimate of drug-likeness (QED) is 0.876. The monoisotopic (exact) mass is 291 g/mol. The minimum Gasteiger partial charge on any atom is -0.476 e. The summed E-state index contributed by atoms with van der Waals surface area (Å²) in [6.07, 6.45) is 0. The maximum atomic E-state index is 11.7. The Morgan fingerprint density at radius 2 is 2.15 bits per heavy atom. The molecule has 6 heteroatoms. The first-order chi connectivity index (χ1) is 9.52. The standard InChI is InChI=1S/C14H13NO4S/c1-3-19-14(18)12-15-10(13(16)17)11(20-12)9-6-4-5-8(2)7-9/h4-7H,3H2,1-2H3,(H,16,17). The average Bonchev–Trinajstić information content (AvgIpc) is 2.84. The third-order valence-electron chi connectivity index (χ3n) is 2.56. The molecule has 0 bridgehead atoms. The van der Waals surface area contributed by atoms with Crippen molar-refractivity contribution in [3.05, 3.63) is 40.5 Å². The molecule has 1 heterocycles. The first-order valence-electron chi connectivity index (χ1n) is 6.01. The topological polar surface area (TPSA) is 76.5 Å². The third kappa shape index (κ3) is 2.85. The molecule has 1 aromatic carbocycles. The number of esters is 1. The Labute approximate surface area is 119 Å². The lowest BCUT2D eigenvalue weighted by atomic mass is 10.1. The second-order valence-corrected chi connectivity index (χ2v) is 5.09. The minimum atomic E-state index is -1.16. The summed E-state index contributed by atoms with van der Waals surface area (Å²) < 4.78 is 4.85. The molecule has 5 nitrogen and oxygen atoms in total. The number of thiazole rings is 1. The van der Waals surface area contributed by atoms with E-state index < -0.39 is 11.9 Å². The number of carbonyl (C=O) groups excluding carboxylic acids is 1. The Bertz CT molecular complexity index is 663. The predicted octanol–water partition coefficient (Wildman–Crippen LogP) is 2.99. The van der Waals surface area contributed by atoms with E-state index >= 15 is 0 Å². The van der Waals surface area contributed by atoms with Crippen LogP contribution in [-0.4, -0.2) is 28.6 Å². The van der Waals surface area contributed by atoms with Crippen LogP contribution in [0.5, 0.6) is 0 Å². The normalized spacial score (nSPS) is 10.3. The van der Waals surface area contributed by atoms with Gasteiger partial charge < -0.3 is 9.84 Å². The lowest BCUT2D eigenvalue weighted by Gasteiger charge is -2.00. The van der Waals surface area contributed by atoms with Gasteiger partial charge in [0.25, 0.3) is 0 Å². The van der Waals surface area contributed by atoms with Crippen LogP contribution in [0.3, 0.4) is 0 Å². The number of aromatic carboxylic acids is 1. The molecule has 0 aliphatic rings. The van der Waals surface area contributed by atoms with Crippen LogP contribution in [0.15, 0.2) is 24.3 Å². The Morgan fingerprint density at radius 1 is 1.40 bits per heavy atom. The summed E-state index contributed by atoms with van der Waals surface area (Å²) in [7, 11) is 0. The summed E-state index contributed by atoms with van der Waals surface area (Å²) in [5.41, 5.74) is 1.61. The molecule has 0 radical (unpaired) electrons. The first-order valence-corrected chi connectivity index (χ1v) is 6.83. The summed E-state index contributed by atoms with van der Waals surface area (Å²) in [5, 5.41) is 9.27. The van der Waals surface area contributed by atoms with Crippen LogP contribution in [-0.2, 0) is 4.74 Å². The van der Waals surface area contributed by atoms with Crippen molar-refractivity contribution in [2.75, 3.05) is 6.61 Å². The van der Waals surface area contributed by atoms with Gasteiger partial charge in [-0.15, -0.1) is 11.3 Å². The number of carboxylic acids is 1. The van der Waals surface area contributed by atoms with Gasteiger partial charge in [0.1, 0.15) is 0 Å². The van der Waals surface area contributed by atoms with Crippen molar-refractivity contribution < 1.29 is 19.4 Å². The number of nitrogens with zero attached hydrogens (tertiary/aromatic N) is 1. The molecule has 1 aromatic heterocycles. The number of aryl methyl sites for hydroxylation is 1. The number of hydrogen-bond donors (Lipinski definition) is 1. The van der Waals surface area contributed by atoms with E-state index in [0.29, 0.717) is 4.88 Å². The number of rotatable bonds is 4. The van der Waals surface area contributed by atoms with Crippen LogP contribution in [0.1, 0.15) is 32.8 Å². The Balaban J connectivity index is 2.51. The van der Waals surface area contributed by atoms with Gasteiger partial charge in [-0.25, -0.2) is 14.6 Å². The molecule has 104 valence electrons. The van der Waals surface area contributed by atoms with E-state index in [4.69, 9.17) is 4.74 Å². The molecule has 0 fully saturated rings. The lowest BCUT2D eigenvalue weighted by Crippen LogP contribution is -2.05. The average molecular weight is 291 g/mol.